The minimum atomic E-state index is -4.77. The van der Waals surface area contributed by atoms with Gasteiger partial charge in [-0.25, -0.2) is 4.57 Å². The maximum Gasteiger partial charge on any atom is 0.469 e. The smallest absolute Gasteiger partial charge is 0.462 e. The van der Waals surface area contributed by atoms with E-state index in [-0.39, 0.29) is 19.4 Å². The lowest BCUT2D eigenvalue weighted by Crippen LogP contribution is -2.29. The Balaban J connectivity index is 3.96. The lowest BCUT2D eigenvalue weighted by atomic mass is 10.1. The predicted octanol–water partition coefficient (Wildman–Crippen LogP) is 11.7. The molecular formula is C43H77O9P. The molecule has 2 atom stereocenters. The monoisotopic (exact) mass is 769 g/mol. The third-order valence-electron chi connectivity index (χ3n) is 8.91. The van der Waals surface area contributed by atoms with Gasteiger partial charge in [0.05, 0.1) is 12.7 Å². The van der Waals surface area contributed by atoms with E-state index in [1.54, 1.807) is 6.08 Å². The van der Waals surface area contributed by atoms with Gasteiger partial charge in [0.1, 0.15) is 6.61 Å². The Morgan fingerprint density at radius 2 is 1.08 bits per heavy atom. The molecule has 0 aromatic rings. The van der Waals surface area contributed by atoms with Crippen molar-refractivity contribution in [2.45, 2.75) is 199 Å². The summed E-state index contributed by atoms with van der Waals surface area (Å²) >= 11 is 0. The van der Waals surface area contributed by atoms with Gasteiger partial charge in [0.15, 0.2) is 6.10 Å². The lowest BCUT2D eigenvalue weighted by Gasteiger charge is -2.18. The molecule has 0 rings (SSSR count). The fourth-order valence-electron chi connectivity index (χ4n) is 5.76. The molecule has 0 aliphatic rings. The highest BCUT2D eigenvalue weighted by Gasteiger charge is 2.22. The molecule has 10 heteroatoms. The summed E-state index contributed by atoms with van der Waals surface area (Å²) in [6.07, 6.45) is 43.0. The number of phosphoric acid groups is 1. The van der Waals surface area contributed by atoms with Crippen LogP contribution in [-0.4, -0.2) is 52.3 Å². The van der Waals surface area contributed by atoms with Gasteiger partial charge < -0.3 is 24.4 Å². The van der Waals surface area contributed by atoms with Crippen molar-refractivity contribution in [1.29, 1.82) is 0 Å². The fourth-order valence-corrected chi connectivity index (χ4v) is 6.12. The Hall–Kier alpha value is -2.03. The zero-order valence-electron chi connectivity index (χ0n) is 33.5. The highest BCUT2D eigenvalue weighted by Crippen LogP contribution is 2.36. The number of aliphatic hydroxyl groups excluding tert-OH is 1. The van der Waals surface area contributed by atoms with E-state index in [0.717, 1.165) is 57.8 Å². The van der Waals surface area contributed by atoms with Crippen molar-refractivity contribution in [1.82, 2.24) is 0 Å². The van der Waals surface area contributed by atoms with Gasteiger partial charge in [-0.15, -0.1) is 0 Å². The van der Waals surface area contributed by atoms with Crippen molar-refractivity contribution < 1.29 is 43.0 Å². The number of rotatable bonds is 38. The summed E-state index contributed by atoms with van der Waals surface area (Å²) in [6, 6.07) is 0. The lowest BCUT2D eigenvalue weighted by molar-refractivity contribution is -0.161. The molecule has 0 spiro atoms. The number of hydrogen-bond acceptors (Lipinski definition) is 7. The molecule has 53 heavy (non-hydrogen) atoms. The summed E-state index contributed by atoms with van der Waals surface area (Å²) in [5, 5.41) is 9.84. The van der Waals surface area contributed by atoms with Gasteiger partial charge in [-0.3, -0.25) is 14.1 Å². The van der Waals surface area contributed by atoms with Gasteiger partial charge in [-0.05, 0) is 64.2 Å². The molecule has 0 aliphatic heterocycles. The highest BCUT2D eigenvalue weighted by atomic mass is 31.2. The maximum atomic E-state index is 12.4. The van der Waals surface area contributed by atoms with Crippen molar-refractivity contribution >= 4 is 19.8 Å². The van der Waals surface area contributed by atoms with Crippen molar-refractivity contribution in [3.63, 3.8) is 0 Å². The molecule has 0 radical (unpaired) electrons. The Kier molecular flexibility index (Phi) is 36.8. The Morgan fingerprint density at radius 1 is 0.585 bits per heavy atom. The normalized spacial score (nSPS) is 13.5. The number of allylic oxidation sites excluding steroid dienone is 6. The largest absolute Gasteiger partial charge is 0.469 e. The summed E-state index contributed by atoms with van der Waals surface area (Å²) in [7, 11) is -4.77. The predicted molar refractivity (Wildman–Crippen MR) is 217 cm³/mol. The van der Waals surface area contributed by atoms with E-state index in [9.17, 15) is 19.3 Å². The maximum absolute atomic E-state index is 12.4. The molecule has 3 N–H and O–H groups in total. The van der Waals surface area contributed by atoms with Crippen LogP contribution < -0.4 is 0 Å². The minimum Gasteiger partial charge on any atom is -0.462 e. The number of esters is 2. The quantitative estimate of drug-likeness (QED) is 0.0184. The summed E-state index contributed by atoms with van der Waals surface area (Å²) < 4.78 is 26.3. The molecule has 0 heterocycles. The van der Waals surface area contributed by atoms with E-state index in [1.807, 2.05) is 24.3 Å². The van der Waals surface area contributed by atoms with E-state index in [4.69, 9.17) is 19.3 Å². The second-order valence-electron chi connectivity index (χ2n) is 14.1. The molecule has 0 bridgehead atoms. The van der Waals surface area contributed by atoms with Gasteiger partial charge in [-0.1, -0.05) is 159 Å². The second kappa shape index (κ2) is 38.3. The van der Waals surface area contributed by atoms with Gasteiger partial charge in [0.25, 0.3) is 0 Å². The number of carbonyl (C=O) groups is 2. The highest BCUT2D eigenvalue weighted by molar-refractivity contribution is 7.46. The van der Waals surface area contributed by atoms with E-state index in [1.165, 1.54) is 83.5 Å². The molecule has 0 aliphatic carbocycles. The first-order valence-electron chi connectivity index (χ1n) is 21.0. The fraction of sp³-hybridized carbons (Fsp3) is 0.767. The Morgan fingerprint density at radius 3 is 1.60 bits per heavy atom. The third-order valence-corrected chi connectivity index (χ3v) is 9.40. The van der Waals surface area contributed by atoms with E-state index < -0.39 is 38.6 Å². The topological polar surface area (TPSA) is 140 Å². The standard InChI is InChI=1S/C43H77O9P/c1-3-5-7-8-9-10-11-12-13-14-15-16-17-18-19-22-25-28-32-36-42(45)50-38-41(39-51-53(47,48)49)52-43(46)37-33-29-26-23-20-21-24-27-31-35-40(44)34-30-6-4-2/h6,12-13,24,27,30-31,35,40-41,44H,3-5,7-11,14-23,25-26,28-29,32-34,36-39H2,1-2H3,(H2,47,48,49)/b13-12-,27-24+,30-6+,35-31+/t40?,41-/m1/s1. The third kappa shape index (κ3) is 41.0. The van der Waals surface area contributed by atoms with Crippen LogP contribution in [0.3, 0.4) is 0 Å². The minimum absolute atomic E-state index is 0.164. The second-order valence-corrected chi connectivity index (χ2v) is 15.4. The van der Waals surface area contributed by atoms with Crippen LogP contribution in [-0.2, 0) is 28.2 Å². The van der Waals surface area contributed by atoms with Crippen LogP contribution in [0, 0.1) is 0 Å². The number of carbonyl (C=O) groups excluding carboxylic acids is 2. The molecule has 0 saturated heterocycles. The summed E-state index contributed by atoms with van der Waals surface area (Å²) in [6.45, 7) is 3.45. The summed E-state index contributed by atoms with van der Waals surface area (Å²) in [5.41, 5.74) is 0. The first-order valence-corrected chi connectivity index (χ1v) is 22.6. The van der Waals surface area contributed by atoms with Gasteiger partial charge in [-0.2, -0.15) is 0 Å². The Bertz CT molecular complexity index is 1020. The molecule has 308 valence electrons. The van der Waals surface area contributed by atoms with Crippen molar-refractivity contribution in [2.24, 2.45) is 0 Å². The zero-order chi connectivity index (χ0) is 39.1. The zero-order valence-corrected chi connectivity index (χ0v) is 34.4. The van der Waals surface area contributed by atoms with E-state index in [0.29, 0.717) is 19.3 Å². The summed E-state index contributed by atoms with van der Waals surface area (Å²) in [4.78, 5) is 42.8. The average molecular weight is 769 g/mol. The van der Waals surface area contributed by atoms with E-state index >= 15 is 0 Å². The number of unbranched alkanes of at least 4 members (excludes halogenated alkanes) is 20. The van der Waals surface area contributed by atoms with Crippen LogP contribution in [0.4, 0.5) is 0 Å². The molecular weight excluding hydrogens is 691 g/mol. The molecule has 0 saturated carbocycles. The number of aliphatic hydroxyl groups is 1. The molecule has 0 aromatic heterocycles. The number of hydrogen-bond donors (Lipinski definition) is 3. The Labute approximate surface area is 323 Å². The first kappa shape index (κ1) is 51.0. The molecule has 1 unspecified atom stereocenters. The average Bonchev–Trinajstić information content (AvgIpc) is 3.12. The van der Waals surface area contributed by atoms with Crippen LogP contribution >= 0.6 is 7.82 Å². The van der Waals surface area contributed by atoms with Crippen molar-refractivity contribution in [3.05, 3.63) is 48.6 Å². The van der Waals surface area contributed by atoms with Crippen LogP contribution in [0.5, 0.6) is 0 Å². The molecule has 9 nitrogen and oxygen atoms in total. The molecule has 0 fully saturated rings. The number of ether oxygens (including phenoxy) is 2. The van der Waals surface area contributed by atoms with Gasteiger partial charge >= 0.3 is 19.8 Å². The van der Waals surface area contributed by atoms with Crippen LogP contribution in [0.2, 0.25) is 0 Å². The molecule has 0 amide bonds. The SMILES string of the molecule is CC/C=C/CC(O)/C=C/C=C/CCCCCCCC(=O)O[C@H](COC(=O)CCCCCCCCCCC/C=C\CCCCCCCC)COP(=O)(O)O. The van der Waals surface area contributed by atoms with Crippen LogP contribution in [0.15, 0.2) is 48.6 Å². The molecule has 0 aromatic carbocycles. The number of phosphoric ester groups is 1. The first-order chi connectivity index (χ1) is 25.7. The van der Waals surface area contributed by atoms with Gasteiger partial charge in [0.2, 0.25) is 0 Å². The van der Waals surface area contributed by atoms with E-state index in [2.05, 4.69) is 36.6 Å². The summed E-state index contributed by atoms with van der Waals surface area (Å²) in [5.74, 6) is -0.940. The van der Waals surface area contributed by atoms with Gasteiger partial charge in [0, 0.05) is 12.8 Å². The van der Waals surface area contributed by atoms with Crippen LogP contribution in [0.25, 0.3) is 0 Å². The van der Waals surface area contributed by atoms with Crippen LogP contribution in [0.1, 0.15) is 187 Å². The van der Waals surface area contributed by atoms with Crippen molar-refractivity contribution in [2.75, 3.05) is 13.2 Å². The van der Waals surface area contributed by atoms with Crippen molar-refractivity contribution in [3.8, 4) is 0 Å².